The van der Waals surface area contributed by atoms with E-state index in [0.717, 1.165) is 15.6 Å². The van der Waals surface area contributed by atoms with Crippen LogP contribution in [-0.4, -0.2) is 15.8 Å². The summed E-state index contributed by atoms with van der Waals surface area (Å²) in [7, 11) is 0. The zero-order chi connectivity index (χ0) is 15.6. The summed E-state index contributed by atoms with van der Waals surface area (Å²) in [6.45, 7) is 5.85. The average Bonchev–Trinajstić information content (AvgIpc) is 2.73. The van der Waals surface area contributed by atoms with Gasteiger partial charge in [-0.2, -0.15) is 0 Å². The van der Waals surface area contributed by atoms with Gasteiger partial charge in [-0.3, -0.25) is 14.9 Å². The molecule has 1 N–H and O–H groups in total. The highest BCUT2D eigenvalue weighted by Gasteiger charge is 2.14. The average molecular weight is 305 g/mol. The molecule has 0 saturated carbocycles. The van der Waals surface area contributed by atoms with Crippen LogP contribution in [-0.2, 0) is 6.54 Å². The first-order valence-corrected chi connectivity index (χ1v) is 7.16. The number of thiazole rings is 1. The Hall–Kier alpha value is -2.28. The molecule has 1 aromatic carbocycles. The number of nitrogens with one attached hydrogen (secondary N) is 1. The number of aromatic nitrogens is 1. The van der Waals surface area contributed by atoms with Crippen molar-refractivity contribution >= 4 is 22.9 Å². The van der Waals surface area contributed by atoms with Crippen LogP contribution in [0.25, 0.3) is 0 Å². The van der Waals surface area contributed by atoms with E-state index in [0.29, 0.717) is 17.7 Å². The number of hydrogen-bond donors (Lipinski definition) is 1. The van der Waals surface area contributed by atoms with Crippen molar-refractivity contribution in [2.75, 3.05) is 0 Å². The standard InChI is InChI=1S/C14H15N3O3S/c1-8-6-11(4-5-12(8)17(19)20)14(18)15-7-13-9(2)16-10(3)21-13/h4-6H,7H2,1-3H3,(H,15,18). The second-order valence-corrected chi connectivity index (χ2v) is 5.97. The Morgan fingerprint density at radius 2 is 2.10 bits per heavy atom. The zero-order valence-corrected chi connectivity index (χ0v) is 12.8. The molecule has 0 aliphatic heterocycles. The third-order valence-electron chi connectivity index (χ3n) is 3.06. The molecular formula is C14H15N3O3S. The van der Waals surface area contributed by atoms with Gasteiger partial charge in [0.25, 0.3) is 11.6 Å². The quantitative estimate of drug-likeness (QED) is 0.695. The zero-order valence-electron chi connectivity index (χ0n) is 12.0. The molecule has 0 aliphatic rings. The van der Waals surface area contributed by atoms with Crippen molar-refractivity contribution in [1.82, 2.24) is 10.3 Å². The van der Waals surface area contributed by atoms with Crippen molar-refractivity contribution in [3.8, 4) is 0 Å². The molecule has 1 aromatic heterocycles. The minimum atomic E-state index is -0.458. The second-order valence-electron chi connectivity index (χ2n) is 4.68. The molecule has 0 fully saturated rings. The molecule has 21 heavy (non-hydrogen) atoms. The molecule has 1 heterocycles. The fraction of sp³-hybridized carbons (Fsp3) is 0.286. The predicted molar refractivity (Wildman–Crippen MR) is 80.6 cm³/mol. The van der Waals surface area contributed by atoms with E-state index in [-0.39, 0.29) is 11.6 Å². The highest BCUT2D eigenvalue weighted by atomic mass is 32.1. The molecular weight excluding hydrogens is 290 g/mol. The number of amides is 1. The number of nitrogens with zero attached hydrogens (tertiary/aromatic N) is 2. The van der Waals surface area contributed by atoms with E-state index < -0.39 is 4.92 Å². The molecule has 110 valence electrons. The van der Waals surface area contributed by atoms with E-state index in [1.807, 2.05) is 13.8 Å². The molecule has 0 spiro atoms. The van der Waals surface area contributed by atoms with Crippen molar-refractivity contribution < 1.29 is 9.72 Å². The minimum absolute atomic E-state index is 0.0143. The summed E-state index contributed by atoms with van der Waals surface area (Å²) in [6.07, 6.45) is 0. The number of nitro benzene ring substituents is 1. The summed E-state index contributed by atoms with van der Waals surface area (Å²) in [4.78, 5) is 27.7. The molecule has 1 amide bonds. The molecule has 2 rings (SSSR count). The number of hydrogen-bond acceptors (Lipinski definition) is 5. The Labute approximate surface area is 126 Å². The van der Waals surface area contributed by atoms with Crippen LogP contribution < -0.4 is 5.32 Å². The van der Waals surface area contributed by atoms with Gasteiger partial charge in [0.15, 0.2) is 0 Å². The molecule has 0 radical (unpaired) electrons. The van der Waals surface area contributed by atoms with Crippen LogP contribution in [0.15, 0.2) is 18.2 Å². The second kappa shape index (κ2) is 6.01. The highest BCUT2D eigenvalue weighted by Crippen LogP contribution is 2.19. The number of nitro groups is 1. The van der Waals surface area contributed by atoms with Gasteiger partial charge in [-0.1, -0.05) is 0 Å². The van der Waals surface area contributed by atoms with Gasteiger partial charge in [-0.15, -0.1) is 11.3 Å². The van der Waals surface area contributed by atoms with Crippen LogP contribution in [0.5, 0.6) is 0 Å². The first-order chi connectivity index (χ1) is 9.88. The van der Waals surface area contributed by atoms with Crippen LogP contribution in [0, 0.1) is 30.9 Å². The normalized spacial score (nSPS) is 10.4. The Kier molecular flexibility index (Phi) is 4.32. The summed E-state index contributed by atoms with van der Waals surface area (Å²) in [6, 6.07) is 4.34. The van der Waals surface area contributed by atoms with E-state index in [9.17, 15) is 14.9 Å². The number of aryl methyl sites for hydroxylation is 3. The summed E-state index contributed by atoms with van der Waals surface area (Å²) in [5.74, 6) is -0.251. The van der Waals surface area contributed by atoms with E-state index in [2.05, 4.69) is 10.3 Å². The monoisotopic (exact) mass is 305 g/mol. The first-order valence-electron chi connectivity index (χ1n) is 6.34. The summed E-state index contributed by atoms with van der Waals surface area (Å²) in [5.41, 5.74) is 1.81. The molecule has 0 unspecified atom stereocenters. The van der Waals surface area contributed by atoms with Crippen LogP contribution in [0.4, 0.5) is 5.69 Å². The topological polar surface area (TPSA) is 85.1 Å². The van der Waals surface area contributed by atoms with Crippen molar-refractivity contribution in [3.05, 3.63) is 55.0 Å². The van der Waals surface area contributed by atoms with Crippen molar-refractivity contribution in [2.45, 2.75) is 27.3 Å². The molecule has 0 bridgehead atoms. The van der Waals surface area contributed by atoms with Crippen LogP contribution in [0.1, 0.15) is 31.5 Å². The van der Waals surface area contributed by atoms with Crippen molar-refractivity contribution in [3.63, 3.8) is 0 Å². The molecule has 0 aliphatic carbocycles. The van der Waals surface area contributed by atoms with Crippen LogP contribution in [0.3, 0.4) is 0 Å². The number of carbonyl (C=O) groups excluding carboxylic acids is 1. The highest BCUT2D eigenvalue weighted by molar-refractivity contribution is 7.11. The van der Waals surface area contributed by atoms with Gasteiger partial charge in [0.2, 0.25) is 0 Å². The lowest BCUT2D eigenvalue weighted by Crippen LogP contribution is -2.22. The number of rotatable bonds is 4. The molecule has 2 aromatic rings. The van der Waals surface area contributed by atoms with Crippen LogP contribution in [0.2, 0.25) is 0 Å². The van der Waals surface area contributed by atoms with Crippen LogP contribution >= 0.6 is 11.3 Å². The molecule has 0 atom stereocenters. The smallest absolute Gasteiger partial charge is 0.272 e. The molecule has 7 heteroatoms. The Bertz CT molecular complexity index is 709. The van der Waals surface area contributed by atoms with Gasteiger partial charge in [-0.25, -0.2) is 4.98 Å². The lowest BCUT2D eigenvalue weighted by molar-refractivity contribution is -0.385. The van der Waals surface area contributed by atoms with Gasteiger partial charge in [-0.05, 0) is 32.9 Å². The SMILES string of the molecule is Cc1nc(C)c(CNC(=O)c2ccc([N+](=O)[O-])c(C)c2)s1. The maximum absolute atomic E-state index is 12.1. The third-order valence-corrected chi connectivity index (χ3v) is 4.14. The van der Waals surface area contributed by atoms with E-state index in [4.69, 9.17) is 0 Å². The lowest BCUT2D eigenvalue weighted by atomic mass is 10.1. The van der Waals surface area contributed by atoms with Gasteiger partial charge in [0, 0.05) is 22.1 Å². The van der Waals surface area contributed by atoms with E-state index in [1.165, 1.54) is 18.2 Å². The van der Waals surface area contributed by atoms with Gasteiger partial charge in [0.1, 0.15) is 0 Å². The Morgan fingerprint density at radius 3 is 2.62 bits per heavy atom. The molecule has 6 nitrogen and oxygen atoms in total. The summed E-state index contributed by atoms with van der Waals surface area (Å²) in [5, 5.41) is 14.5. The van der Waals surface area contributed by atoms with Gasteiger partial charge in [0.05, 0.1) is 22.2 Å². The largest absolute Gasteiger partial charge is 0.347 e. The maximum Gasteiger partial charge on any atom is 0.272 e. The Morgan fingerprint density at radius 1 is 1.38 bits per heavy atom. The number of carbonyl (C=O) groups is 1. The summed E-state index contributed by atoms with van der Waals surface area (Å²) < 4.78 is 0. The lowest BCUT2D eigenvalue weighted by Gasteiger charge is -2.05. The number of benzene rings is 1. The van der Waals surface area contributed by atoms with Gasteiger partial charge < -0.3 is 5.32 Å². The van der Waals surface area contributed by atoms with E-state index in [1.54, 1.807) is 18.3 Å². The Balaban J connectivity index is 2.09. The summed E-state index contributed by atoms with van der Waals surface area (Å²) >= 11 is 1.55. The maximum atomic E-state index is 12.1. The predicted octanol–water partition coefficient (Wildman–Crippen LogP) is 2.91. The fourth-order valence-electron chi connectivity index (χ4n) is 2.00. The molecule has 0 saturated heterocycles. The third kappa shape index (κ3) is 3.43. The van der Waals surface area contributed by atoms with Gasteiger partial charge >= 0.3 is 0 Å². The minimum Gasteiger partial charge on any atom is -0.347 e. The van der Waals surface area contributed by atoms with E-state index >= 15 is 0 Å². The van der Waals surface area contributed by atoms with Crippen molar-refractivity contribution in [1.29, 1.82) is 0 Å². The first kappa shape index (κ1) is 15.1. The van der Waals surface area contributed by atoms with Crippen molar-refractivity contribution in [2.24, 2.45) is 0 Å². The fourth-order valence-corrected chi connectivity index (χ4v) is 2.88.